The quantitative estimate of drug-likeness (QED) is 0.835. The normalized spacial score (nSPS) is 19.9. The molecule has 20 heavy (non-hydrogen) atoms. The highest BCUT2D eigenvalue weighted by molar-refractivity contribution is 6.10. The molecule has 1 fully saturated rings. The molecule has 3 rings (SSSR count). The van der Waals surface area contributed by atoms with Gasteiger partial charge in [0.05, 0.1) is 17.0 Å². The minimum atomic E-state index is -0.271. The van der Waals surface area contributed by atoms with E-state index in [1.165, 1.54) is 4.90 Å². The minimum absolute atomic E-state index is 0.0141. The number of nitrogens with zero attached hydrogens (tertiary/aromatic N) is 1. The number of rotatable bonds is 3. The largest absolute Gasteiger partial charge is 0.363 e. The van der Waals surface area contributed by atoms with Crippen molar-refractivity contribution in [2.75, 3.05) is 36.5 Å². The van der Waals surface area contributed by atoms with E-state index in [2.05, 4.69) is 10.6 Å². The van der Waals surface area contributed by atoms with Crippen molar-refractivity contribution in [2.24, 2.45) is 0 Å². The van der Waals surface area contributed by atoms with Crippen molar-refractivity contribution in [1.29, 1.82) is 0 Å². The standard InChI is InChI=1S/C14H17N3O3/c1-14(8-15-9-14)20-7-13(19)17-6-12(18)16-10-4-2-3-5-11(10)17/h2-5,15H,6-9H2,1H3,(H,16,18). The second-order valence-corrected chi connectivity index (χ2v) is 5.39. The molecule has 0 aromatic heterocycles. The van der Waals surface area contributed by atoms with Crippen LogP contribution in [-0.4, -0.2) is 43.7 Å². The van der Waals surface area contributed by atoms with Crippen molar-refractivity contribution in [3.8, 4) is 0 Å². The predicted molar refractivity (Wildman–Crippen MR) is 74.7 cm³/mol. The second-order valence-electron chi connectivity index (χ2n) is 5.39. The summed E-state index contributed by atoms with van der Waals surface area (Å²) in [6.45, 7) is 3.48. The van der Waals surface area contributed by atoms with Crippen molar-refractivity contribution in [3.05, 3.63) is 24.3 Å². The lowest BCUT2D eigenvalue weighted by Crippen LogP contribution is -2.60. The fourth-order valence-corrected chi connectivity index (χ4v) is 2.35. The second kappa shape index (κ2) is 4.88. The van der Waals surface area contributed by atoms with Gasteiger partial charge in [-0.1, -0.05) is 12.1 Å². The van der Waals surface area contributed by atoms with Crippen LogP contribution in [0.3, 0.4) is 0 Å². The molecule has 2 N–H and O–H groups in total. The van der Waals surface area contributed by atoms with Gasteiger partial charge >= 0.3 is 0 Å². The average Bonchev–Trinajstić information content (AvgIpc) is 2.41. The summed E-state index contributed by atoms with van der Waals surface area (Å²) in [6.07, 6.45) is 0. The van der Waals surface area contributed by atoms with Crippen LogP contribution in [0.25, 0.3) is 0 Å². The molecule has 1 saturated heterocycles. The van der Waals surface area contributed by atoms with Crippen molar-refractivity contribution in [3.63, 3.8) is 0 Å². The zero-order valence-electron chi connectivity index (χ0n) is 11.3. The first-order valence-corrected chi connectivity index (χ1v) is 6.61. The number of anilines is 2. The maximum absolute atomic E-state index is 12.3. The number of benzene rings is 1. The molecule has 0 atom stereocenters. The molecule has 0 saturated carbocycles. The van der Waals surface area contributed by atoms with Crippen LogP contribution in [0, 0.1) is 0 Å². The number of ether oxygens (including phenoxy) is 1. The molecule has 1 aromatic carbocycles. The van der Waals surface area contributed by atoms with Crippen molar-refractivity contribution < 1.29 is 14.3 Å². The molecule has 0 aliphatic carbocycles. The van der Waals surface area contributed by atoms with Gasteiger partial charge < -0.3 is 15.4 Å². The Morgan fingerprint density at radius 2 is 2.15 bits per heavy atom. The third-order valence-corrected chi connectivity index (χ3v) is 3.61. The molecule has 6 heteroatoms. The summed E-state index contributed by atoms with van der Waals surface area (Å²) < 4.78 is 5.65. The number of hydrogen-bond donors (Lipinski definition) is 2. The number of amides is 2. The van der Waals surface area contributed by atoms with Crippen LogP contribution in [-0.2, 0) is 14.3 Å². The summed E-state index contributed by atoms with van der Waals surface area (Å²) in [4.78, 5) is 25.4. The lowest BCUT2D eigenvalue weighted by molar-refractivity contribution is -0.134. The van der Waals surface area contributed by atoms with Gasteiger partial charge in [-0.05, 0) is 19.1 Å². The van der Waals surface area contributed by atoms with Gasteiger partial charge in [-0.25, -0.2) is 0 Å². The van der Waals surface area contributed by atoms with E-state index in [-0.39, 0.29) is 30.6 Å². The number of para-hydroxylation sites is 2. The zero-order valence-corrected chi connectivity index (χ0v) is 11.3. The summed E-state index contributed by atoms with van der Waals surface area (Å²) in [5.41, 5.74) is 1.11. The SMILES string of the molecule is CC1(OCC(=O)N2CC(=O)Nc3ccccc32)CNC1. The van der Waals surface area contributed by atoms with Crippen molar-refractivity contribution in [1.82, 2.24) is 5.32 Å². The van der Waals surface area contributed by atoms with Gasteiger partial charge in [0, 0.05) is 13.1 Å². The summed E-state index contributed by atoms with van der Waals surface area (Å²) in [7, 11) is 0. The smallest absolute Gasteiger partial charge is 0.253 e. The highest BCUT2D eigenvalue weighted by Crippen LogP contribution is 2.29. The zero-order chi connectivity index (χ0) is 14.2. The van der Waals surface area contributed by atoms with Crippen LogP contribution in [0.4, 0.5) is 11.4 Å². The lowest BCUT2D eigenvalue weighted by Gasteiger charge is -2.39. The first-order valence-electron chi connectivity index (χ1n) is 6.61. The van der Waals surface area contributed by atoms with E-state index in [9.17, 15) is 9.59 Å². The third kappa shape index (κ3) is 2.39. The van der Waals surface area contributed by atoms with E-state index in [4.69, 9.17) is 4.74 Å². The maximum atomic E-state index is 12.3. The molecule has 2 aliphatic rings. The number of carbonyl (C=O) groups excluding carboxylic acids is 2. The summed E-state index contributed by atoms with van der Waals surface area (Å²) in [6, 6.07) is 7.27. The van der Waals surface area contributed by atoms with Gasteiger partial charge in [-0.2, -0.15) is 0 Å². The number of fused-ring (bicyclic) bond motifs is 1. The van der Waals surface area contributed by atoms with Crippen molar-refractivity contribution >= 4 is 23.2 Å². The lowest BCUT2D eigenvalue weighted by atomic mass is 10.0. The fourth-order valence-electron chi connectivity index (χ4n) is 2.35. The molecule has 2 heterocycles. The van der Waals surface area contributed by atoms with Crippen LogP contribution >= 0.6 is 0 Å². The van der Waals surface area contributed by atoms with Gasteiger partial charge in [0.1, 0.15) is 13.2 Å². The first kappa shape index (κ1) is 13.1. The Bertz CT molecular complexity index is 554. The molecule has 0 unspecified atom stereocenters. The van der Waals surface area contributed by atoms with Gasteiger partial charge in [0.15, 0.2) is 0 Å². The molecule has 6 nitrogen and oxygen atoms in total. The van der Waals surface area contributed by atoms with E-state index >= 15 is 0 Å². The van der Waals surface area contributed by atoms with Crippen LogP contribution in [0.1, 0.15) is 6.92 Å². The van der Waals surface area contributed by atoms with E-state index in [1.54, 1.807) is 6.07 Å². The van der Waals surface area contributed by atoms with Gasteiger partial charge in [0.2, 0.25) is 5.91 Å². The average molecular weight is 275 g/mol. The Morgan fingerprint density at radius 3 is 2.85 bits per heavy atom. The molecule has 2 aliphatic heterocycles. The monoisotopic (exact) mass is 275 g/mol. The first-order chi connectivity index (χ1) is 9.57. The Labute approximate surface area is 117 Å². The summed E-state index contributed by atoms with van der Waals surface area (Å²) in [5, 5.41) is 5.87. The van der Waals surface area contributed by atoms with Crippen LogP contribution in [0.5, 0.6) is 0 Å². The minimum Gasteiger partial charge on any atom is -0.363 e. The molecule has 1 aromatic rings. The van der Waals surface area contributed by atoms with E-state index in [0.29, 0.717) is 5.69 Å². The molecule has 106 valence electrons. The molecule has 0 bridgehead atoms. The number of nitrogens with one attached hydrogen (secondary N) is 2. The van der Waals surface area contributed by atoms with Crippen LogP contribution in [0.2, 0.25) is 0 Å². The van der Waals surface area contributed by atoms with Crippen LogP contribution < -0.4 is 15.5 Å². The topological polar surface area (TPSA) is 70.7 Å². The Kier molecular flexibility index (Phi) is 3.19. The highest BCUT2D eigenvalue weighted by Gasteiger charge is 2.34. The van der Waals surface area contributed by atoms with Gasteiger partial charge in [-0.15, -0.1) is 0 Å². The predicted octanol–water partition coefficient (Wildman–Crippen LogP) is 0.350. The Balaban J connectivity index is 1.72. The number of carbonyl (C=O) groups is 2. The van der Waals surface area contributed by atoms with Crippen molar-refractivity contribution in [2.45, 2.75) is 12.5 Å². The van der Waals surface area contributed by atoms with E-state index < -0.39 is 0 Å². The number of hydrogen-bond acceptors (Lipinski definition) is 4. The summed E-state index contributed by atoms with van der Waals surface area (Å²) in [5.74, 6) is -0.381. The Hall–Kier alpha value is -1.92. The Morgan fingerprint density at radius 1 is 1.40 bits per heavy atom. The van der Waals surface area contributed by atoms with Gasteiger partial charge in [-0.3, -0.25) is 14.5 Å². The third-order valence-electron chi connectivity index (χ3n) is 3.61. The molecule has 0 spiro atoms. The highest BCUT2D eigenvalue weighted by atomic mass is 16.5. The molecule has 0 radical (unpaired) electrons. The molecular formula is C14H17N3O3. The summed E-state index contributed by atoms with van der Waals surface area (Å²) >= 11 is 0. The van der Waals surface area contributed by atoms with Gasteiger partial charge in [0.25, 0.3) is 5.91 Å². The van der Waals surface area contributed by atoms with E-state index in [0.717, 1.165) is 18.8 Å². The fraction of sp³-hybridized carbons (Fsp3) is 0.429. The maximum Gasteiger partial charge on any atom is 0.253 e. The molecule has 2 amide bonds. The van der Waals surface area contributed by atoms with Crippen LogP contribution in [0.15, 0.2) is 24.3 Å². The molecular weight excluding hydrogens is 258 g/mol. The van der Waals surface area contributed by atoms with E-state index in [1.807, 2.05) is 25.1 Å².